The Balaban J connectivity index is 0.00000144. The van der Waals surface area contributed by atoms with Gasteiger partial charge in [-0.15, -0.1) is 0 Å². The molecule has 1 saturated carbocycles. The number of hydrogen-bond acceptors (Lipinski definition) is 1. The zero-order valence-corrected chi connectivity index (χ0v) is 8.64. The predicted molar refractivity (Wildman–Crippen MR) is 58.8 cm³/mol. The molecule has 0 saturated heterocycles. The third-order valence-corrected chi connectivity index (χ3v) is 2.87. The fourth-order valence-electron chi connectivity index (χ4n) is 1.76. The lowest BCUT2D eigenvalue weighted by molar-refractivity contribution is 0.0667. The van der Waals surface area contributed by atoms with Crippen LogP contribution in [0.3, 0.4) is 0 Å². The van der Waals surface area contributed by atoms with Gasteiger partial charge in [0.15, 0.2) is 0 Å². The van der Waals surface area contributed by atoms with Gasteiger partial charge in [-0.05, 0) is 44.9 Å². The van der Waals surface area contributed by atoms with E-state index >= 15 is 0 Å². The highest BCUT2D eigenvalue weighted by Gasteiger charge is 2.27. The fourth-order valence-corrected chi connectivity index (χ4v) is 1.76. The van der Waals surface area contributed by atoms with Crippen molar-refractivity contribution in [1.29, 1.82) is 0 Å². The van der Waals surface area contributed by atoms with Crippen LogP contribution in [0.15, 0.2) is 0 Å². The summed E-state index contributed by atoms with van der Waals surface area (Å²) in [5.74, 6) is 1.92. The molecule has 0 bridgehead atoms. The molecule has 1 nitrogen and oxygen atoms in total. The smallest absolute Gasteiger partial charge is 0.0591 e. The van der Waals surface area contributed by atoms with Crippen molar-refractivity contribution < 1.29 is 5.11 Å². The molecule has 0 aliphatic heterocycles. The maximum Gasteiger partial charge on any atom is 0.0591 e. The Morgan fingerprint density at radius 1 is 1.38 bits per heavy atom. The minimum atomic E-state index is -0.455. The highest BCUT2D eigenvalue weighted by Crippen LogP contribution is 2.39. The Kier molecular flexibility index (Phi) is 4.98. The van der Waals surface area contributed by atoms with Gasteiger partial charge in [0.2, 0.25) is 0 Å². The molecule has 1 aliphatic rings. The normalized spacial score (nSPS) is 19.4. The minimum Gasteiger partial charge on any atom is -0.390 e. The minimum absolute atomic E-state index is 0. The molecule has 0 radical (unpaired) electrons. The second-order valence-electron chi connectivity index (χ2n) is 5.02. The van der Waals surface area contributed by atoms with E-state index in [4.69, 9.17) is 0 Å². The molecule has 13 heavy (non-hydrogen) atoms. The largest absolute Gasteiger partial charge is 0.390 e. The zero-order valence-electron chi connectivity index (χ0n) is 8.64. The zero-order chi connectivity index (χ0) is 9.19. The number of hydrogen-bond donors (Lipinski definition) is 1. The van der Waals surface area contributed by atoms with Gasteiger partial charge in [0.05, 0.1) is 5.60 Å². The van der Waals surface area contributed by atoms with Gasteiger partial charge in [-0.25, -0.2) is 0 Å². The summed E-state index contributed by atoms with van der Waals surface area (Å²) in [6.07, 6.45) is 6.33. The molecule has 0 spiro atoms. The average molecular weight is 186 g/mol. The van der Waals surface area contributed by atoms with Gasteiger partial charge in [0.25, 0.3) is 0 Å². The molecule has 1 N–H and O–H groups in total. The molecule has 1 aliphatic carbocycles. The lowest BCUT2D eigenvalue weighted by atomic mass is 9.94. The molecule has 1 heteroatoms. The van der Waals surface area contributed by atoms with Crippen molar-refractivity contribution in [3.8, 4) is 0 Å². The van der Waals surface area contributed by atoms with E-state index in [1.54, 1.807) is 0 Å². The van der Waals surface area contributed by atoms with Crippen LogP contribution in [-0.4, -0.2) is 10.7 Å². The van der Waals surface area contributed by atoms with Crippen molar-refractivity contribution in [3.05, 3.63) is 0 Å². The Morgan fingerprint density at radius 3 is 2.31 bits per heavy atom. The van der Waals surface area contributed by atoms with E-state index in [-0.39, 0.29) is 7.43 Å². The summed E-state index contributed by atoms with van der Waals surface area (Å²) in [5, 5.41) is 9.48. The first kappa shape index (κ1) is 13.0. The van der Waals surface area contributed by atoms with E-state index in [9.17, 15) is 5.11 Å². The Bertz CT molecular complexity index is 131. The Labute approximate surface area is 83.5 Å². The molecule has 80 valence electrons. The summed E-state index contributed by atoms with van der Waals surface area (Å²) in [6, 6.07) is 0. The molecule has 0 aromatic heterocycles. The first-order valence-electron chi connectivity index (χ1n) is 5.21. The third kappa shape index (κ3) is 6.09. The van der Waals surface area contributed by atoms with Gasteiger partial charge >= 0.3 is 0 Å². The van der Waals surface area contributed by atoms with E-state index < -0.39 is 5.60 Å². The van der Waals surface area contributed by atoms with E-state index in [0.717, 1.165) is 18.3 Å². The summed E-state index contributed by atoms with van der Waals surface area (Å²) >= 11 is 0. The molecule has 0 aromatic carbocycles. The second kappa shape index (κ2) is 4.99. The Morgan fingerprint density at radius 2 is 1.92 bits per heavy atom. The highest BCUT2D eigenvalue weighted by atomic mass is 16.3. The highest BCUT2D eigenvalue weighted by molar-refractivity contribution is 4.79. The quantitative estimate of drug-likeness (QED) is 0.695. The topological polar surface area (TPSA) is 20.2 Å². The van der Waals surface area contributed by atoms with Crippen LogP contribution in [0.25, 0.3) is 0 Å². The molecule has 1 fully saturated rings. The van der Waals surface area contributed by atoms with Crippen molar-refractivity contribution in [2.45, 2.75) is 65.9 Å². The van der Waals surface area contributed by atoms with Crippen molar-refractivity contribution in [2.75, 3.05) is 0 Å². The van der Waals surface area contributed by atoms with Crippen LogP contribution >= 0.6 is 0 Å². The van der Waals surface area contributed by atoms with Gasteiger partial charge in [0, 0.05) is 0 Å². The van der Waals surface area contributed by atoms with Crippen LogP contribution in [0.5, 0.6) is 0 Å². The summed E-state index contributed by atoms with van der Waals surface area (Å²) in [5.41, 5.74) is -0.455. The standard InChI is InChI=1S/C11H22O.CH4/c1-9(10-6-7-10)5-4-8-11(2,3)12;/h9-10,12H,4-8H2,1-3H3;1H4. The molecule has 1 rings (SSSR count). The van der Waals surface area contributed by atoms with Crippen molar-refractivity contribution in [2.24, 2.45) is 11.8 Å². The van der Waals surface area contributed by atoms with Crippen LogP contribution in [-0.2, 0) is 0 Å². The van der Waals surface area contributed by atoms with Gasteiger partial charge in [-0.1, -0.05) is 27.2 Å². The van der Waals surface area contributed by atoms with Crippen LogP contribution < -0.4 is 0 Å². The molecular formula is C12H26O. The van der Waals surface area contributed by atoms with Crippen molar-refractivity contribution in [1.82, 2.24) is 0 Å². The van der Waals surface area contributed by atoms with E-state index in [1.807, 2.05) is 13.8 Å². The van der Waals surface area contributed by atoms with Gasteiger partial charge in [0.1, 0.15) is 0 Å². The summed E-state index contributed by atoms with van der Waals surface area (Å²) in [4.78, 5) is 0. The molecule has 1 atom stereocenters. The SMILES string of the molecule is C.CC(CCCC(C)(C)O)C1CC1. The lowest BCUT2D eigenvalue weighted by Crippen LogP contribution is -2.18. The summed E-state index contributed by atoms with van der Waals surface area (Å²) in [6.45, 7) is 6.14. The number of aliphatic hydroxyl groups is 1. The molecule has 0 aromatic rings. The van der Waals surface area contributed by atoms with Crippen molar-refractivity contribution >= 4 is 0 Å². The van der Waals surface area contributed by atoms with Gasteiger partial charge < -0.3 is 5.11 Å². The van der Waals surface area contributed by atoms with E-state index in [2.05, 4.69) is 6.92 Å². The maximum atomic E-state index is 9.48. The van der Waals surface area contributed by atoms with E-state index in [1.165, 1.54) is 25.7 Å². The maximum absolute atomic E-state index is 9.48. The monoisotopic (exact) mass is 186 g/mol. The fraction of sp³-hybridized carbons (Fsp3) is 1.00. The van der Waals surface area contributed by atoms with Gasteiger partial charge in [-0.3, -0.25) is 0 Å². The van der Waals surface area contributed by atoms with Crippen LogP contribution in [0.2, 0.25) is 0 Å². The first-order valence-corrected chi connectivity index (χ1v) is 5.21. The molecular weight excluding hydrogens is 160 g/mol. The van der Waals surface area contributed by atoms with Gasteiger partial charge in [-0.2, -0.15) is 0 Å². The molecule has 0 amide bonds. The van der Waals surface area contributed by atoms with E-state index in [0.29, 0.717) is 0 Å². The lowest BCUT2D eigenvalue weighted by Gasteiger charge is -2.18. The third-order valence-electron chi connectivity index (χ3n) is 2.87. The first-order chi connectivity index (χ1) is 5.49. The second-order valence-corrected chi connectivity index (χ2v) is 5.02. The average Bonchev–Trinajstić information content (AvgIpc) is 2.64. The van der Waals surface area contributed by atoms with Crippen LogP contribution in [0, 0.1) is 11.8 Å². The Hall–Kier alpha value is -0.0400. The van der Waals surface area contributed by atoms with Crippen LogP contribution in [0.1, 0.15) is 60.3 Å². The number of rotatable bonds is 5. The summed E-state index contributed by atoms with van der Waals surface area (Å²) < 4.78 is 0. The molecule has 0 heterocycles. The van der Waals surface area contributed by atoms with Crippen molar-refractivity contribution in [3.63, 3.8) is 0 Å². The predicted octanol–water partition coefficient (Wildman–Crippen LogP) is 3.61. The molecule has 1 unspecified atom stereocenters. The van der Waals surface area contributed by atoms with Crippen LogP contribution in [0.4, 0.5) is 0 Å². The summed E-state index contributed by atoms with van der Waals surface area (Å²) in [7, 11) is 0.